The van der Waals surface area contributed by atoms with Gasteiger partial charge in [-0.1, -0.05) is 44.7 Å². The van der Waals surface area contributed by atoms with E-state index in [-0.39, 0.29) is 6.08 Å². The van der Waals surface area contributed by atoms with E-state index in [1.54, 1.807) is 0 Å². The predicted octanol–water partition coefficient (Wildman–Crippen LogP) is 3.02. The van der Waals surface area contributed by atoms with Crippen LogP contribution in [-0.2, 0) is 4.74 Å². The summed E-state index contributed by atoms with van der Waals surface area (Å²) in [6.07, 6.45) is 5.78. The quantitative estimate of drug-likeness (QED) is 0.366. The van der Waals surface area contributed by atoms with Crippen LogP contribution < -0.4 is 9.73 Å². The van der Waals surface area contributed by atoms with Crippen molar-refractivity contribution in [1.29, 1.82) is 0 Å². The molecular formula is C20H35N2O3+. The molecule has 0 unspecified atom stereocenters. The molecule has 0 fully saturated rings. The summed E-state index contributed by atoms with van der Waals surface area (Å²) in [5.74, 6) is 0.721. The van der Waals surface area contributed by atoms with Gasteiger partial charge in [-0.05, 0) is 40.4 Å². The molecule has 0 heterocycles. The summed E-state index contributed by atoms with van der Waals surface area (Å²) in [7, 11) is 3.94. The summed E-state index contributed by atoms with van der Waals surface area (Å²) in [5, 5.41) is 10.2. The standard InChI is InChI=1S/C20H34N2O3/c1-6-7-8-9-12-15-24-18-14-11-10-13-17(18)21-19(23)25-20(2,3)16-22(4)5/h10-11,13-14H,6-9,12,15-16H2,1-5H3,(H,21,23)/p+1. The van der Waals surface area contributed by atoms with Crippen LogP contribution in [0.5, 0.6) is 5.75 Å². The third-order valence-electron chi connectivity index (χ3n) is 3.70. The second-order valence-electron chi connectivity index (χ2n) is 7.29. The van der Waals surface area contributed by atoms with Gasteiger partial charge < -0.3 is 19.5 Å². The SMILES string of the molecule is CCCCCCCOc1ccccc1[NH+]=C(O)OC(C)(C)CN(C)C. The van der Waals surface area contributed by atoms with Gasteiger partial charge in [0.2, 0.25) is 0 Å². The van der Waals surface area contributed by atoms with Crippen LogP contribution in [0, 0.1) is 0 Å². The summed E-state index contributed by atoms with van der Waals surface area (Å²) in [4.78, 5) is 4.92. The number of nitrogens with one attached hydrogen (secondary N) is 1. The Labute approximate surface area is 152 Å². The van der Waals surface area contributed by atoms with E-state index in [0.29, 0.717) is 18.8 Å². The molecule has 25 heavy (non-hydrogen) atoms. The zero-order valence-electron chi connectivity index (χ0n) is 16.5. The molecule has 0 bridgehead atoms. The second kappa shape index (κ2) is 11.0. The van der Waals surface area contributed by atoms with Gasteiger partial charge in [-0.25, -0.2) is 0 Å². The van der Waals surface area contributed by atoms with Crippen LogP contribution in [0.3, 0.4) is 0 Å². The minimum atomic E-state index is -0.504. The van der Waals surface area contributed by atoms with Crippen molar-refractivity contribution < 1.29 is 19.6 Å². The molecule has 5 heteroatoms. The third-order valence-corrected chi connectivity index (χ3v) is 3.70. The maximum absolute atomic E-state index is 10.2. The first-order chi connectivity index (χ1) is 11.8. The Balaban J connectivity index is 2.62. The molecule has 5 nitrogen and oxygen atoms in total. The molecule has 0 saturated heterocycles. The van der Waals surface area contributed by atoms with Gasteiger partial charge in [0.15, 0.2) is 5.75 Å². The minimum Gasteiger partial charge on any atom is -0.487 e. The first kappa shape index (κ1) is 21.3. The molecule has 0 aliphatic rings. The van der Waals surface area contributed by atoms with Gasteiger partial charge in [0.1, 0.15) is 5.60 Å². The molecule has 142 valence electrons. The van der Waals surface area contributed by atoms with Crippen molar-refractivity contribution in [2.75, 3.05) is 27.2 Å². The number of hydrogen-bond acceptors (Lipinski definition) is 3. The average Bonchev–Trinajstić information content (AvgIpc) is 2.50. The van der Waals surface area contributed by atoms with Gasteiger partial charge in [-0.2, -0.15) is 0 Å². The average molecular weight is 352 g/mol. The van der Waals surface area contributed by atoms with Crippen molar-refractivity contribution in [3.05, 3.63) is 24.3 Å². The fourth-order valence-corrected chi connectivity index (χ4v) is 2.78. The van der Waals surface area contributed by atoms with E-state index in [1.807, 2.05) is 57.1 Å². The lowest BCUT2D eigenvalue weighted by atomic mass is 10.1. The van der Waals surface area contributed by atoms with E-state index in [2.05, 4.69) is 11.9 Å². The van der Waals surface area contributed by atoms with Gasteiger partial charge in [0.25, 0.3) is 5.69 Å². The van der Waals surface area contributed by atoms with Gasteiger partial charge >= 0.3 is 6.08 Å². The number of likely N-dealkylation sites (N-methyl/N-ethyl adjacent to an activating group) is 1. The normalized spacial score (nSPS) is 12.5. The largest absolute Gasteiger partial charge is 0.551 e. The Morgan fingerprint density at radius 2 is 1.80 bits per heavy atom. The molecule has 0 atom stereocenters. The van der Waals surface area contributed by atoms with Crippen molar-refractivity contribution in [2.45, 2.75) is 58.5 Å². The number of aliphatic hydroxyl groups is 1. The van der Waals surface area contributed by atoms with Crippen molar-refractivity contribution >= 4 is 11.8 Å². The van der Waals surface area contributed by atoms with Crippen LogP contribution in [-0.4, -0.2) is 48.9 Å². The maximum Gasteiger partial charge on any atom is 0.551 e. The third kappa shape index (κ3) is 9.34. The highest BCUT2D eigenvalue weighted by Crippen LogP contribution is 2.19. The fraction of sp³-hybridized carbons (Fsp3) is 0.650. The number of benzene rings is 1. The highest BCUT2D eigenvalue weighted by Gasteiger charge is 2.25. The number of rotatable bonds is 11. The van der Waals surface area contributed by atoms with Gasteiger partial charge in [-0.15, -0.1) is 4.99 Å². The lowest BCUT2D eigenvalue weighted by molar-refractivity contribution is -0.387. The molecule has 2 N–H and O–H groups in total. The molecule has 1 aromatic carbocycles. The first-order valence-corrected chi connectivity index (χ1v) is 9.22. The van der Waals surface area contributed by atoms with E-state index >= 15 is 0 Å². The Kier molecular flexibility index (Phi) is 9.35. The molecule has 0 aromatic heterocycles. The van der Waals surface area contributed by atoms with Crippen molar-refractivity contribution in [2.24, 2.45) is 0 Å². The topological polar surface area (TPSA) is 55.9 Å². The lowest BCUT2D eigenvalue weighted by Gasteiger charge is -2.26. The van der Waals surface area contributed by atoms with E-state index in [4.69, 9.17) is 9.47 Å². The lowest BCUT2D eigenvalue weighted by Crippen LogP contribution is -2.68. The number of para-hydroxylation sites is 2. The van der Waals surface area contributed by atoms with Crippen LogP contribution >= 0.6 is 0 Å². The van der Waals surface area contributed by atoms with Crippen molar-refractivity contribution in [1.82, 2.24) is 4.90 Å². The molecule has 0 spiro atoms. The number of hydrogen-bond donors (Lipinski definition) is 2. The Morgan fingerprint density at radius 3 is 2.48 bits per heavy atom. The van der Waals surface area contributed by atoms with E-state index in [0.717, 1.165) is 12.2 Å². The van der Waals surface area contributed by atoms with Gasteiger partial charge in [-0.3, -0.25) is 0 Å². The molecule has 0 radical (unpaired) electrons. The summed E-state index contributed by atoms with van der Waals surface area (Å²) in [5.41, 5.74) is 0.199. The molecule has 1 aromatic rings. The molecule has 0 aliphatic heterocycles. The number of nitrogens with zero attached hydrogens (tertiary/aromatic N) is 1. The Hall–Kier alpha value is -1.75. The molecule has 0 amide bonds. The molecule has 0 saturated carbocycles. The maximum atomic E-state index is 10.2. The summed E-state index contributed by atoms with van der Waals surface area (Å²) < 4.78 is 11.5. The number of unbranched alkanes of at least 4 members (excludes halogenated alkanes) is 4. The van der Waals surface area contributed by atoms with Gasteiger partial charge in [0, 0.05) is 12.6 Å². The Morgan fingerprint density at radius 1 is 1.12 bits per heavy atom. The van der Waals surface area contributed by atoms with E-state index in [9.17, 15) is 5.11 Å². The summed E-state index contributed by atoms with van der Waals surface area (Å²) in [6.45, 7) is 7.45. The van der Waals surface area contributed by atoms with Crippen molar-refractivity contribution in [3.63, 3.8) is 0 Å². The predicted molar refractivity (Wildman–Crippen MR) is 103 cm³/mol. The molecule has 1 rings (SSSR count). The van der Waals surface area contributed by atoms with Crippen molar-refractivity contribution in [3.8, 4) is 5.75 Å². The number of aliphatic hydroxyl groups excluding tert-OH is 1. The van der Waals surface area contributed by atoms with Gasteiger partial charge in [0.05, 0.1) is 6.61 Å². The van der Waals surface area contributed by atoms with Crippen LogP contribution in [0.15, 0.2) is 24.3 Å². The highest BCUT2D eigenvalue weighted by molar-refractivity contribution is 5.60. The smallest absolute Gasteiger partial charge is 0.487 e. The molecule has 0 aliphatic carbocycles. The van der Waals surface area contributed by atoms with E-state index < -0.39 is 5.60 Å². The Bertz CT molecular complexity index is 527. The van der Waals surface area contributed by atoms with Crippen LogP contribution in [0.25, 0.3) is 0 Å². The zero-order chi connectivity index (χ0) is 18.7. The van der Waals surface area contributed by atoms with Crippen LogP contribution in [0.4, 0.5) is 5.69 Å². The fourth-order valence-electron chi connectivity index (χ4n) is 2.78. The first-order valence-electron chi connectivity index (χ1n) is 9.22. The second-order valence-corrected chi connectivity index (χ2v) is 7.29. The van der Waals surface area contributed by atoms with Crippen LogP contribution in [0.2, 0.25) is 0 Å². The highest BCUT2D eigenvalue weighted by atomic mass is 16.6. The molecular weight excluding hydrogens is 316 g/mol. The van der Waals surface area contributed by atoms with Crippen LogP contribution in [0.1, 0.15) is 52.9 Å². The summed E-state index contributed by atoms with van der Waals surface area (Å²) in [6, 6.07) is 7.58. The van der Waals surface area contributed by atoms with E-state index in [1.165, 1.54) is 25.7 Å². The zero-order valence-corrected chi connectivity index (χ0v) is 16.5. The minimum absolute atomic E-state index is 0.217. The summed E-state index contributed by atoms with van der Waals surface area (Å²) >= 11 is 0. The number of ether oxygens (including phenoxy) is 2. The monoisotopic (exact) mass is 351 g/mol.